The Hall–Kier alpha value is -1.11. The maximum atomic E-state index is 13.0. The van der Waals surface area contributed by atoms with Crippen molar-refractivity contribution in [3.8, 4) is 0 Å². The van der Waals surface area contributed by atoms with Crippen molar-refractivity contribution in [1.29, 1.82) is 0 Å². The number of halogens is 1. The largest absolute Gasteiger partial charge is 0.207 e. The van der Waals surface area contributed by atoms with Crippen molar-refractivity contribution < 1.29 is 4.39 Å². The standard InChI is InChI=1S/C12H13F/c1-8(2)11-6-4-9-3-5-10(13)7-12(9)11/h3,5-8H,4H2,1-2H3. The molecule has 1 aliphatic carbocycles. The van der Waals surface area contributed by atoms with Gasteiger partial charge in [0, 0.05) is 0 Å². The number of rotatable bonds is 1. The molecule has 0 nitrogen and oxygen atoms in total. The Kier molecular flexibility index (Phi) is 1.95. The van der Waals surface area contributed by atoms with Gasteiger partial charge in [-0.2, -0.15) is 0 Å². The molecule has 0 spiro atoms. The smallest absolute Gasteiger partial charge is 0.123 e. The van der Waals surface area contributed by atoms with Crippen LogP contribution in [0.25, 0.3) is 5.57 Å². The van der Waals surface area contributed by atoms with Gasteiger partial charge in [-0.1, -0.05) is 26.0 Å². The molecule has 0 heterocycles. The molecule has 0 saturated heterocycles. The van der Waals surface area contributed by atoms with Crippen molar-refractivity contribution in [3.63, 3.8) is 0 Å². The van der Waals surface area contributed by atoms with E-state index in [1.54, 1.807) is 6.07 Å². The van der Waals surface area contributed by atoms with E-state index < -0.39 is 0 Å². The van der Waals surface area contributed by atoms with Crippen LogP contribution in [0.4, 0.5) is 4.39 Å². The van der Waals surface area contributed by atoms with Crippen LogP contribution in [0, 0.1) is 11.7 Å². The molecule has 0 aliphatic heterocycles. The van der Waals surface area contributed by atoms with E-state index >= 15 is 0 Å². The van der Waals surface area contributed by atoms with Crippen LogP contribution in [-0.2, 0) is 6.42 Å². The lowest BCUT2D eigenvalue weighted by molar-refractivity contribution is 0.626. The highest BCUT2D eigenvalue weighted by Crippen LogP contribution is 2.32. The third-order valence-corrected chi connectivity index (χ3v) is 2.55. The number of benzene rings is 1. The van der Waals surface area contributed by atoms with Crippen LogP contribution in [0.3, 0.4) is 0 Å². The Morgan fingerprint density at radius 3 is 2.77 bits per heavy atom. The fourth-order valence-corrected chi connectivity index (χ4v) is 1.87. The van der Waals surface area contributed by atoms with Gasteiger partial charge in [0.05, 0.1) is 0 Å². The first-order valence-corrected chi connectivity index (χ1v) is 4.67. The van der Waals surface area contributed by atoms with Crippen LogP contribution in [0.1, 0.15) is 25.0 Å². The van der Waals surface area contributed by atoms with Crippen molar-refractivity contribution in [2.75, 3.05) is 0 Å². The minimum atomic E-state index is -0.132. The van der Waals surface area contributed by atoms with Crippen LogP contribution in [0.2, 0.25) is 0 Å². The monoisotopic (exact) mass is 176 g/mol. The van der Waals surface area contributed by atoms with Crippen molar-refractivity contribution in [3.05, 3.63) is 41.2 Å². The molecule has 1 aliphatic rings. The van der Waals surface area contributed by atoms with Crippen LogP contribution in [-0.4, -0.2) is 0 Å². The van der Waals surface area contributed by atoms with E-state index in [0.29, 0.717) is 5.92 Å². The average molecular weight is 176 g/mol. The summed E-state index contributed by atoms with van der Waals surface area (Å²) < 4.78 is 13.0. The highest BCUT2D eigenvalue weighted by atomic mass is 19.1. The molecule has 0 amide bonds. The highest BCUT2D eigenvalue weighted by molar-refractivity contribution is 5.74. The van der Waals surface area contributed by atoms with Crippen molar-refractivity contribution >= 4 is 5.57 Å². The van der Waals surface area contributed by atoms with Gasteiger partial charge >= 0.3 is 0 Å². The van der Waals surface area contributed by atoms with Gasteiger partial charge in [0.1, 0.15) is 5.82 Å². The summed E-state index contributed by atoms with van der Waals surface area (Å²) >= 11 is 0. The average Bonchev–Trinajstić information content (AvgIpc) is 2.46. The quantitative estimate of drug-likeness (QED) is 0.615. The molecule has 1 aromatic carbocycles. The Bertz CT molecular complexity index is 361. The van der Waals surface area contributed by atoms with Crippen LogP contribution in [0.15, 0.2) is 24.3 Å². The number of fused-ring (bicyclic) bond motifs is 1. The highest BCUT2D eigenvalue weighted by Gasteiger charge is 2.16. The van der Waals surface area contributed by atoms with E-state index in [1.807, 2.05) is 6.07 Å². The molecule has 0 N–H and O–H groups in total. The summed E-state index contributed by atoms with van der Waals surface area (Å²) in [6, 6.07) is 5.07. The summed E-state index contributed by atoms with van der Waals surface area (Å²) in [5.41, 5.74) is 3.65. The molecule has 0 atom stereocenters. The zero-order valence-corrected chi connectivity index (χ0v) is 7.97. The Morgan fingerprint density at radius 2 is 2.08 bits per heavy atom. The fourth-order valence-electron chi connectivity index (χ4n) is 1.87. The predicted octanol–water partition coefficient (Wildman–Crippen LogP) is 3.42. The lowest BCUT2D eigenvalue weighted by atomic mass is 9.97. The number of hydrogen-bond acceptors (Lipinski definition) is 0. The van der Waals surface area contributed by atoms with Crippen molar-refractivity contribution in [2.45, 2.75) is 20.3 Å². The van der Waals surface area contributed by atoms with E-state index in [0.717, 1.165) is 12.0 Å². The Morgan fingerprint density at radius 1 is 1.31 bits per heavy atom. The van der Waals surface area contributed by atoms with Crippen LogP contribution >= 0.6 is 0 Å². The summed E-state index contributed by atoms with van der Waals surface area (Å²) in [4.78, 5) is 0. The molecule has 2 rings (SSSR count). The molecule has 68 valence electrons. The summed E-state index contributed by atoms with van der Waals surface area (Å²) in [5.74, 6) is 0.357. The third kappa shape index (κ3) is 1.39. The Balaban J connectivity index is 2.48. The van der Waals surface area contributed by atoms with E-state index in [1.165, 1.54) is 17.2 Å². The molecule has 13 heavy (non-hydrogen) atoms. The van der Waals surface area contributed by atoms with E-state index in [-0.39, 0.29) is 5.82 Å². The summed E-state index contributed by atoms with van der Waals surface area (Å²) in [6.07, 6.45) is 3.16. The molecule has 1 heteroatoms. The minimum Gasteiger partial charge on any atom is -0.207 e. The molecule has 0 saturated carbocycles. The first-order valence-electron chi connectivity index (χ1n) is 4.67. The summed E-state index contributed by atoms with van der Waals surface area (Å²) in [5, 5.41) is 0. The van der Waals surface area contributed by atoms with Gasteiger partial charge in [-0.3, -0.25) is 0 Å². The van der Waals surface area contributed by atoms with Crippen LogP contribution in [0.5, 0.6) is 0 Å². The first-order chi connectivity index (χ1) is 6.18. The van der Waals surface area contributed by atoms with E-state index in [9.17, 15) is 4.39 Å². The molecule has 0 aromatic heterocycles. The number of hydrogen-bond donors (Lipinski definition) is 0. The molecule has 0 radical (unpaired) electrons. The van der Waals surface area contributed by atoms with Gasteiger partial charge in [0.2, 0.25) is 0 Å². The van der Waals surface area contributed by atoms with Gasteiger partial charge < -0.3 is 0 Å². The molecule has 0 unspecified atom stereocenters. The zero-order valence-electron chi connectivity index (χ0n) is 7.97. The lowest BCUT2D eigenvalue weighted by Crippen LogP contribution is -1.92. The summed E-state index contributed by atoms with van der Waals surface area (Å²) in [6.45, 7) is 4.29. The maximum Gasteiger partial charge on any atom is 0.123 e. The normalized spacial score (nSPS) is 14.6. The fraction of sp³-hybridized carbons (Fsp3) is 0.333. The van der Waals surface area contributed by atoms with Gasteiger partial charge in [-0.25, -0.2) is 4.39 Å². The topological polar surface area (TPSA) is 0 Å². The number of allylic oxidation sites excluding steroid dienone is 2. The minimum absolute atomic E-state index is 0.132. The second kappa shape index (κ2) is 2.99. The van der Waals surface area contributed by atoms with Gasteiger partial charge in [-0.05, 0) is 41.2 Å². The summed E-state index contributed by atoms with van der Waals surface area (Å²) in [7, 11) is 0. The maximum absolute atomic E-state index is 13.0. The van der Waals surface area contributed by atoms with E-state index in [2.05, 4.69) is 19.9 Å². The van der Waals surface area contributed by atoms with Crippen molar-refractivity contribution in [1.82, 2.24) is 0 Å². The predicted molar refractivity (Wildman–Crippen MR) is 52.9 cm³/mol. The molecular formula is C12H13F. The SMILES string of the molecule is CC(C)C1=CCc2ccc(F)cc21. The zero-order chi connectivity index (χ0) is 9.42. The first kappa shape index (κ1) is 8.49. The lowest BCUT2D eigenvalue weighted by Gasteiger charge is -2.08. The van der Waals surface area contributed by atoms with Gasteiger partial charge in [0.15, 0.2) is 0 Å². The molecule has 0 bridgehead atoms. The molecule has 0 fully saturated rings. The van der Waals surface area contributed by atoms with Gasteiger partial charge in [-0.15, -0.1) is 0 Å². The second-order valence-corrected chi connectivity index (χ2v) is 3.82. The Labute approximate surface area is 78.1 Å². The molecule has 1 aromatic rings. The second-order valence-electron chi connectivity index (χ2n) is 3.82. The van der Waals surface area contributed by atoms with Crippen LogP contribution < -0.4 is 0 Å². The van der Waals surface area contributed by atoms with Crippen molar-refractivity contribution in [2.24, 2.45) is 5.92 Å². The van der Waals surface area contributed by atoms with Gasteiger partial charge in [0.25, 0.3) is 0 Å². The van der Waals surface area contributed by atoms with E-state index in [4.69, 9.17) is 0 Å². The third-order valence-electron chi connectivity index (χ3n) is 2.55. The molecular weight excluding hydrogens is 163 g/mol.